The highest BCUT2D eigenvalue weighted by Crippen LogP contribution is 2.32. The van der Waals surface area contributed by atoms with Crippen LogP contribution in [-0.4, -0.2) is 52.2 Å². The van der Waals surface area contributed by atoms with E-state index in [0.29, 0.717) is 0 Å². The fourth-order valence-electron chi connectivity index (χ4n) is 2.36. The van der Waals surface area contributed by atoms with Gasteiger partial charge in [-0.1, -0.05) is 12.1 Å². The number of rotatable bonds is 6. The minimum absolute atomic E-state index is 0.000449. The van der Waals surface area contributed by atoms with Crippen LogP contribution in [0.15, 0.2) is 24.3 Å². The average molecular weight is 378 g/mol. The molecule has 0 aliphatic rings. The van der Waals surface area contributed by atoms with Crippen LogP contribution in [0.3, 0.4) is 0 Å². The number of alkyl halides is 3. The molecule has 146 valence electrons. The van der Waals surface area contributed by atoms with Gasteiger partial charge in [0.1, 0.15) is 11.8 Å². The summed E-state index contributed by atoms with van der Waals surface area (Å²) in [6.45, 7) is 4.13. The summed E-state index contributed by atoms with van der Waals surface area (Å²) in [4.78, 5) is 25.1. The number of carbonyl (C=O) groups is 2. The highest BCUT2D eigenvalue weighted by Gasteiger charge is 2.39. The van der Waals surface area contributed by atoms with Gasteiger partial charge in [-0.2, -0.15) is 0 Å². The zero-order valence-electron chi connectivity index (χ0n) is 14.5. The molecule has 3 N–H and O–H groups in total. The van der Waals surface area contributed by atoms with E-state index in [0.717, 1.165) is 17.0 Å². The molecular formula is C16H21F3N2O5. The number of ether oxygens (including phenoxy) is 1. The van der Waals surface area contributed by atoms with E-state index in [1.807, 2.05) is 0 Å². The summed E-state index contributed by atoms with van der Waals surface area (Å²) in [6, 6.07) is 3.12. The van der Waals surface area contributed by atoms with E-state index in [2.05, 4.69) is 10.1 Å². The highest BCUT2D eigenvalue weighted by molar-refractivity contribution is 5.87. The first-order valence-electron chi connectivity index (χ1n) is 7.63. The van der Waals surface area contributed by atoms with Crippen molar-refractivity contribution in [2.75, 3.05) is 13.2 Å². The number of aliphatic hydroxyl groups excluding tert-OH is 1. The summed E-state index contributed by atoms with van der Waals surface area (Å²) in [5, 5.41) is 20.8. The van der Waals surface area contributed by atoms with Crippen molar-refractivity contribution in [3.8, 4) is 5.75 Å². The number of aliphatic hydroxyl groups is 1. The average Bonchev–Trinajstić information content (AvgIpc) is 2.46. The zero-order valence-corrected chi connectivity index (χ0v) is 14.5. The largest absolute Gasteiger partial charge is 0.573 e. The maximum atomic E-state index is 12.5. The summed E-state index contributed by atoms with van der Waals surface area (Å²) in [6.07, 6.45) is -6.35. The zero-order chi connectivity index (χ0) is 20.1. The molecule has 0 aromatic heterocycles. The first kappa shape index (κ1) is 21.6. The van der Waals surface area contributed by atoms with Crippen molar-refractivity contribution in [2.45, 2.75) is 38.7 Å². The molecule has 7 nitrogen and oxygen atoms in total. The standard InChI is InChI=1S/C16H21F3N2O5/c1-15(2,3)21(14(24)25)12(13(23)20-7-8-22)10-5-4-6-11(9-10)26-16(17,18)19/h4-6,9,12,22H,7-8H2,1-3H3,(H,20,23)(H,24,25). The third-order valence-corrected chi connectivity index (χ3v) is 3.25. The number of carbonyl (C=O) groups excluding carboxylic acids is 1. The van der Waals surface area contributed by atoms with Crippen molar-refractivity contribution in [2.24, 2.45) is 0 Å². The van der Waals surface area contributed by atoms with Crippen LogP contribution in [0.1, 0.15) is 32.4 Å². The van der Waals surface area contributed by atoms with Crippen molar-refractivity contribution >= 4 is 12.0 Å². The lowest BCUT2D eigenvalue weighted by Gasteiger charge is -2.39. The SMILES string of the molecule is CC(C)(C)N(C(=O)O)C(C(=O)NCCO)c1cccc(OC(F)(F)F)c1. The van der Waals surface area contributed by atoms with Gasteiger partial charge < -0.3 is 20.3 Å². The lowest BCUT2D eigenvalue weighted by molar-refractivity contribution is -0.274. The smallest absolute Gasteiger partial charge is 0.465 e. The van der Waals surface area contributed by atoms with Crippen LogP contribution in [0.5, 0.6) is 5.75 Å². The van der Waals surface area contributed by atoms with Crippen molar-refractivity contribution in [1.82, 2.24) is 10.2 Å². The molecule has 0 bridgehead atoms. The molecule has 2 amide bonds. The van der Waals surface area contributed by atoms with E-state index in [-0.39, 0.29) is 18.7 Å². The molecule has 0 aliphatic heterocycles. The van der Waals surface area contributed by atoms with Crippen molar-refractivity contribution in [3.05, 3.63) is 29.8 Å². The molecule has 0 fully saturated rings. The monoisotopic (exact) mass is 378 g/mol. The fraction of sp³-hybridized carbons (Fsp3) is 0.500. The molecule has 1 rings (SSSR count). The van der Waals surface area contributed by atoms with E-state index in [9.17, 15) is 27.9 Å². The molecule has 0 heterocycles. The Kier molecular flexibility index (Phi) is 6.85. The van der Waals surface area contributed by atoms with E-state index in [4.69, 9.17) is 5.11 Å². The van der Waals surface area contributed by atoms with E-state index < -0.39 is 35.7 Å². The second-order valence-corrected chi connectivity index (χ2v) is 6.36. The Morgan fingerprint density at radius 3 is 2.35 bits per heavy atom. The molecule has 26 heavy (non-hydrogen) atoms. The molecule has 1 aromatic carbocycles. The third-order valence-electron chi connectivity index (χ3n) is 3.25. The number of carboxylic acid groups (broad SMARTS) is 1. The number of benzene rings is 1. The molecular weight excluding hydrogens is 357 g/mol. The predicted octanol–water partition coefficient (Wildman–Crippen LogP) is 2.51. The molecule has 0 aliphatic carbocycles. The normalized spacial score (nSPS) is 13.0. The lowest BCUT2D eigenvalue weighted by Crippen LogP contribution is -2.52. The highest BCUT2D eigenvalue weighted by atomic mass is 19.4. The van der Waals surface area contributed by atoms with Gasteiger partial charge in [0.15, 0.2) is 0 Å². The Hall–Kier alpha value is -2.49. The molecule has 1 aromatic rings. The Morgan fingerprint density at radius 1 is 1.27 bits per heavy atom. The van der Waals surface area contributed by atoms with Crippen LogP contribution in [0.2, 0.25) is 0 Å². The summed E-state index contributed by atoms with van der Waals surface area (Å²) < 4.78 is 41.2. The van der Waals surface area contributed by atoms with Crippen LogP contribution in [0.4, 0.5) is 18.0 Å². The minimum atomic E-state index is -4.93. The van der Waals surface area contributed by atoms with Gasteiger partial charge in [0.2, 0.25) is 5.91 Å². The summed E-state index contributed by atoms with van der Waals surface area (Å²) >= 11 is 0. The van der Waals surface area contributed by atoms with Gasteiger partial charge in [0.25, 0.3) is 0 Å². The van der Waals surface area contributed by atoms with E-state index in [1.54, 1.807) is 20.8 Å². The topological polar surface area (TPSA) is 99.1 Å². The van der Waals surface area contributed by atoms with Crippen molar-refractivity contribution in [3.63, 3.8) is 0 Å². The maximum Gasteiger partial charge on any atom is 0.573 e. The summed E-state index contributed by atoms with van der Waals surface area (Å²) in [5.74, 6) is -1.35. The molecule has 0 radical (unpaired) electrons. The lowest BCUT2D eigenvalue weighted by atomic mass is 9.97. The second-order valence-electron chi connectivity index (χ2n) is 6.36. The number of nitrogens with zero attached hydrogens (tertiary/aromatic N) is 1. The third kappa shape index (κ3) is 6.10. The van der Waals surface area contributed by atoms with Gasteiger partial charge in [-0.3, -0.25) is 9.69 Å². The Labute approximate surface area is 148 Å². The van der Waals surface area contributed by atoms with E-state index >= 15 is 0 Å². The molecule has 0 spiro atoms. The maximum absolute atomic E-state index is 12.5. The summed E-state index contributed by atoms with van der Waals surface area (Å²) in [7, 11) is 0. The van der Waals surface area contributed by atoms with Gasteiger partial charge >= 0.3 is 12.5 Å². The van der Waals surface area contributed by atoms with Gasteiger partial charge in [0.05, 0.1) is 6.61 Å². The molecule has 1 unspecified atom stereocenters. The molecule has 0 saturated carbocycles. The first-order chi connectivity index (χ1) is 11.9. The number of amides is 2. The van der Waals surface area contributed by atoms with Crippen LogP contribution >= 0.6 is 0 Å². The van der Waals surface area contributed by atoms with Crippen LogP contribution < -0.4 is 10.1 Å². The quantitative estimate of drug-likeness (QED) is 0.706. The van der Waals surface area contributed by atoms with Gasteiger partial charge in [-0.15, -0.1) is 13.2 Å². The van der Waals surface area contributed by atoms with Crippen LogP contribution in [-0.2, 0) is 4.79 Å². The fourth-order valence-corrected chi connectivity index (χ4v) is 2.36. The Morgan fingerprint density at radius 2 is 1.88 bits per heavy atom. The number of halogens is 3. The predicted molar refractivity (Wildman–Crippen MR) is 85.6 cm³/mol. The number of hydrogen-bond acceptors (Lipinski definition) is 4. The van der Waals surface area contributed by atoms with Gasteiger partial charge in [-0.25, -0.2) is 4.79 Å². The number of hydrogen-bond donors (Lipinski definition) is 3. The van der Waals surface area contributed by atoms with Gasteiger partial charge in [0, 0.05) is 12.1 Å². The Bertz CT molecular complexity index is 644. The molecule has 0 saturated heterocycles. The minimum Gasteiger partial charge on any atom is -0.465 e. The van der Waals surface area contributed by atoms with E-state index in [1.165, 1.54) is 12.1 Å². The van der Waals surface area contributed by atoms with Crippen molar-refractivity contribution < 1.29 is 37.7 Å². The van der Waals surface area contributed by atoms with Crippen molar-refractivity contribution in [1.29, 1.82) is 0 Å². The van der Waals surface area contributed by atoms with Crippen LogP contribution in [0, 0.1) is 0 Å². The summed E-state index contributed by atoms with van der Waals surface area (Å²) in [5.41, 5.74) is -1.03. The van der Waals surface area contributed by atoms with Gasteiger partial charge in [-0.05, 0) is 38.5 Å². The first-order valence-corrected chi connectivity index (χ1v) is 7.63. The Balaban J connectivity index is 3.38. The second kappa shape index (κ2) is 8.26. The molecule has 1 atom stereocenters. The molecule has 10 heteroatoms. The van der Waals surface area contributed by atoms with Crippen LogP contribution in [0.25, 0.3) is 0 Å². The number of nitrogens with one attached hydrogen (secondary N) is 1.